The highest BCUT2D eigenvalue weighted by Gasteiger charge is 2.22. The molecule has 10 aromatic rings. The van der Waals surface area contributed by atoms with Gasteiger partial charge in [0.25, 0.3) is 0 Å². The molecule has 0 radical (unpaired) electrons. The number of fused-ring (bicyclic) bond motifs is 4. The maximum absolute atomic E-state index is 2.46. The Morgan fingerprint density at radius 1 is 0.236 bits per heavy atom. The van der Waals surface area contributed by atoms with Crippen LogP contribution in [0.3, 0.4) is 0 Å². The van der Waals surface area contributed by atoms with Crippen molar-refractivity contribution in [3.63, 3.8) is 0 Å². The Morgan fingerprint density at radius 3 is 1.53 bits per heavy atom. The van der Waals surface area contributed by atoms with Crippen molar-refractivity contribution in [2.24, 2.45) is 0 Å². The molecule has 0 N–H and O–H groups in total. The lowest BCUT2D eigenvalue weighted by molar-refractivity contribution is 1.28. The van der Waals surface area contributed by atoms with Crippen molar-refractivity contribution in [1.29, 1.82) is 0 Å². The van der Waals surface area contributed by atoms with Crippen LogP contribution >= 0.6 is 0 Å². The fourth-order valence-electron chi connectivity index (χ4n) is 8.15. The minimum Gasteiger partial charge on any atom is -0.309 e. The summed E-state index contributed by atoms with van der Waals surface area (Å²) < 4.78 is 0. The van der Waals surface area contributed by atoms with E-state index in [9.17, 15) is 0 Å². The molecule has 10 aromatic carbocycles. The second kappa shape index (κ2) is 14.0. The molecule has 0 unspecified atom stereocenters. The maximum Gasteiger partial charge on any atom is 0.0546 e. The SMILES string of the molecule is c1ccc(-c2ccccc2N(c2ccc(-c3ccc4ccccc4c3)cc2)c2cc(-c3cc4ccccc4c4ccccc34)ccc2-c2ccccc2)cc1. The third-order valence-corrected chi connectivity index (χ3v) is 10.8. The molecule has 0 spiro atoms. The van der Waals surface area contributed by atoms with Crippen molar-refractivity contribution in [2.75, 3.05) is 4.90 Å². The third-order valence-electron chi connectivity index (χ3n) is 10.8. The van der Waals surface area contributed by atoms with Gasteiger partial charge in [0.15, 0.2) is 0 Å². The molecule has 0 saturated carbocycles. The number of hydrogen-bond acceptors (Lipinski definition) is 1. The topological polar surface area (TPSA) is 3.24 Å². The quantitative estimate of drug-likeness (QED) is 0.150. The molecule has 0 aliphatic carbocycles. The van der Waals surface area contributed by atoms with Crippen LogP contribution in [0.4, 0.5) is 17.1 Å². The van der Waals surface area contributed by atoms with E-state index < -0.39 is 0 Å². The maximum atomic E-state index is 2.46. The molecule has 0 fully saturated rings. The van der Waals surface area contributed by atoms with Gasteiger partial charge >= 0.3 is 0 Å². The summed E-state index contributed by atoms with van der Waals surface area (Å²) in [5, 5.41) is 7.51. The predicted molar refractivity (Wildman–Crippen MR) is 235 cm³/mol. The van der Waals surface area contributed by atoms with Crippen LogP contribution in [0.15, 0.2) is 224 Å². The molecule has 0 saturated heterocycles. The van der Waals surface area contributed by atoms with Gasteiger partial charge in [0, 0.05) is 16.8 Å². The Morgan fingerprint density at radius 2 is 0.782 bits per heavy atom. The summed E-state index contributed by atoms with van der Waals surface area (Å²) in [7, 11) is 0. The third kappa shape index (κ3) is 6.02. The molecular weight excluding hydrogens is 663 g/mol. The second-order valence-corrected chi connectivity index (χ2v) is 14.1. The van der Waals surface area contributed by atoms with Gasteiger partial charge in [-0.2, -0.15) is 0 Å². The van der Waals surface area contributed by atoms with E-state index in [1.165, 1.54) is 71.3 Å². The summed E-state index contributed by atoms with van der Waals surface area (Å²) in [6.07, 6.45) is 0. The zero-order chi connectivity index (χ0) is 36.6. The summed E-state index contributed by atoms with van der Waals surface area (Å²) in [6.45, 7) is 0. The van der Waals surface area contributed by atoms with Gasteiger partial charge in [0.05, 0.1) is 11.4 Å². The van der Waals surface area contributed by atoms with E-state index in [4.69, 9.17) is 0 Å². The normalized spacial score (nSPS) is 11.3. The van der Waals surface area contributed by atoms with Gasteiger partial charge in [-0.3, -0.25) is 0 Å². The Balaban J connectivity index is 1.22. The van der Waals surface area contributed by atoms with Gasteiger partial charge in [-0.25, -0.2) is 0 Å². The minimum absolute atomic E-state index is 1.09. The second-order valence-electron chi connectivity index (χ2n) is 14.1. The summed E-state index contributed by atoms with van der Waals surface area (Å²) in [5.74, 6) is 0. The molecule has 0 aromatic heterocycles. The van der Waals surface area contributed by atoms with Gasteiger partial charge in [-0.15, -0.1) is 0 Å². The smallest absolute Gasteiger partial charge is 0.0546 e. The summed E-state index contributed by atoms with van der Waals surface area (Å²) in [6, 6.07) is 81.6. The van der Waals surface area contributed by atoms with E-state index >= 15 is 0 Å². The van der Waals surface area contributed by atoms with Crippen LogP contribution in [0.1, 0.15) is 0 Å². The molecule has 1 nitrogen and oxygen atoms in total. The summed E-state index contributed by atoms with van der Waals surface area (Å²) in [4.78, 5) is 2.46. The molecule has 1 heteroatoms. The van der Waals surface area contributed by atoms with E-state index in [1.807, 2.05) is 0 Å². The van der Waals surface area contributed by atoms with Crippen LogP contribution in [0.25, 0.3) is 76.8 Å². The number of nitrogens with zero attached hydrogens (tertiary/aromatic N) is 1. The fraction of sp³-hybridized carbons (Fsp3) is 0. The van der Waals surface area contributed by atoms with Crippen molar-refractivity contribution < 1.29 is 0 Å². The molecule has 0 atom stereocenters. The standard InChI is InChI=1S/C54H37N/c1-3-16-40(17-4-1)48-23-13-14-26-53(48)55(46-32-29-39(30-33-46)43-28-27-38-15-7-8-20-42(38)35-43)54-37-45(31-34-49(54)41-18-5-2-6-19-41)52-36-44-21-9-10-22-47(44)50-24-11-12-25-51(50)52/h1-37H. The zero-order valence-electron chi connectivity index (χ0n) is 30.3. The Labute approximate surface area is 322 Å². The predicted octanol–water partition coefficient (Wildman–Crippen LogP) is 15.3. The lowest BCUT2D eigenvalue weighted by Crippen LogP contribution is -2.12. The van der Waals surface area contributed by atoms with Gasteiger partial charge in [0.2, 0.25) is 0 Å². The van der Waals surface area contributed by atoms with Crippen molar-refractivity contribution in [1.82, 2.24) is 0 Å². The highest BCUT2D eigenvalue weighted by molar-refractivity contribution is 6.14. The molecule has 55 heavy (non-hydrogen) atoms. The van der Waals surface area contributed by atoms with Crippen LogP contribution in [0.2, 0.25) is 0 Å². The highest BCUT2D eigenvalue weighted by Crippen LogP contribution is 2.47. The number of anilines is 3. The average molecular weight is 700 g/mol. The van der Waals surface area contributed by atoms with E-state index in [1.54, 1.807) is 0 Å². The van der Waals surface area contributed by atoms with Crippen molar-refractivity contribution in [3.8, 4) is 44.5 Å². The first kappa shape index (κ1) is 32.4. The van der Waals surface area contributed by atoms with Gasteiger partial charge in [-0.1, -0.05) is 188 Å². The Hall–Kier alpha value is -7.22. The number of benzene rings is 10. The minimum atomic E-state index is 1.09. The van der Waals surface area contributed by atoms with Gasteiger partial charge < -0.3 is 4.90 Å². The lowest BCUT2D eigenvalue weighted by Gasteiger charge is -2.30. The molecular formula is C54H37N. The van der Waals surface area contributed by atoms with Crippen LogP contribution in [0, 0.1) is 0 Å². The Bertz CT molecular complexity index is 2960. The Kier molecular flexibility index (Phi) is 8.24. The molecule has 0 aliphatic heterocycles. The van der Waals surface area contributed by atoms with E-state index in [0.29, 0.717) is 0 Å². The van der Waals surface area contributed by atoms with Crippen LogP contribution in [-0.2, 0) is 0 Å². The van der Waals surface area contributed by atoms with Crippen molar-refractivity contribution >= 4 is 49.4 Å². The van der Waals surface area contributed by atoms with Gasteiger partial charge in [-0.05, 0) is 102 Å². The van der Waals surface area contributed by atoms with Crippen LogP contribution in [0.5, 0.6) is 0 Å². The first-order chi connectivity index (χ1) is 27.3. The first-order valence-electron chi connectivity index (χ1n) is 18.9. The highest BCUT2D eigenvalue weighted by atomic mass is 15.1. The molecule has 0 amide bonds. The largest absolute Gasteiger partial charge is 0.309 e. The lowest BCUT2D eigenvalue weighted by atomic mass is 9.91. The van der Waals surface area contributed by atoms with Crippen molar-refractivity contribution in [2.45, 2.75) is 0 Å². The van der Waals surface area contributed by atoms with Crippen LogP contribution in [-0.4, -0.2) is 0 Å². The fourth-order valence-corrected chi connectivity index (χ4v) is 8.15. The van der Waals surface area contributed by atoms with Gasteiger partial charge in [0.1, 0.15) is 0 Å². The monoisotopic (exact) mass is 699 g/mol. The number of hydrogen-bond donors (Lipinski definition) is 0. The first-order valence-corrected chi connectivity index (χ1v) is 18.9. The van der Waals surface area contributed by atoms with E-state index in [-0.39, 0.29) is 0 Å². The molecule has 10 rings (SSSR count). The number of para-hydroxylation sites is 1. The molecule has 258 valence electrons. The van der Waals surface area contributed by atoms with E-state index in [2.05, 4.69) is 229 Å². The van der Waals surface area contributed by atoms with Crippen molar-refractivity contribution in [3.05, 3.63) is 224 Å². The molecule has 0 bridgehead atoms. The molecule has 0 aliphatic rings. The number of rotatable bonds is 7. The zero-order valence-corrected chi connectivity index (χ0v) is 30.3. The van der Waals surface area contributed by atoms with E-state index in [0.717, 1.165) is 22.6 Å². The molecule has 0 heterocycles. The summed E-state index contributed by atoms with van der Waals surface area (Å²) >= 11 is 0. The summed E-state index contributed by atoms with van der Waals surface area (Å²) in [5.41, 5.74) is 12.8. The van der Waals surface area contributed by atoms with Crippen LogP contribution < -0.4 is 4.90 Å². The average Bonchev–Trinajstić information content (AvgIpc) is 3.27.